The molecule has 0 bridgehead atoms. The summed E-state index contributed by atoms with van der Waals surface area (Å²) in [6.45, 7) is 10.2. The molecule has 39 heavy (non-hydrogen) atoms. The summed E-state index contributed by atoms with van der Waals surface area (Å²) in [5, 5.41) is 9.51. The molecule has 4 heteroatoms. The highest BCUT2D eigenvalue weighted by Gasteiger charge is 2.20. The van der Waals surface area contributed by atoms with Gasteiger partial charge < -0.3 is 14.6 Å². The number of rotatable bonds is 11. The van der Waals surface area contributed by atoms with Crippen LogP contribution in [-0.4, -0.2) is 30.9 Å². The first-order valence-electron chi connectivity index (χ1n) is 14.3. The van der Waals surface area contributed by atoms with E-state index in [4.69, 9.17) is 9.47 Å². The van der Waals surface area contributed by atoms with Crippen molar-refractivity contribution in [2.45, 2.75) is 65.2 Å². The van der Waals surface area contributed by atoms with Crippen molar-refractivity contribution in [1.82, 2.24) is 0 Å². The van der Waals surface area contributed by atoms with Crippen LogP contribution in [0.15, 0.2) is 72.8 Å². The first-order chi connectivity index (χ1) is 18.9. The van der Waals surface area contributed by atoms with Crippen LogP contribution in [0.5, 0.6) is 5.75 Å². The zero-order valence-corrected chi connectivity index (χ0v) is 23.7. The van der Waals surface area contributed by atoms with Crippen molar-refractivity contribution in [2.24, 2.45) is 5.92 Å². The Morgan fingerprint density at radius 2 is 1.56 bits per heavy atom. The highest BCUT2D eigenvalue weighted by Crippen LogP contribution is 2.37. The largest absolute Gasteiger partial charge is 0.490 e. The van der Waals surface area contributed by atoms with Gasteiger partial charge in [-0.2, -0.15) is 0 Å². The molecule has 3 aromatic rings. The minimum Gasteiger partial charge on any atom is -0.490 e. The van der Waals surface area contributed by atoms with Crippen molar-refractivity contribution >= 4 is 5.97 Å². The molecule has 4 nitrogen and oxygen atoms in total. The lowest BCUT2D eigenvalue weighted by Gasteiger charge is -2.26. The van der Waals surface area contributed by atoms with Crippen LogP contribution in [0.2, 0.25) is 0 Å². The van der Waals surface area contributed by atoms with E-state index in [0.29, 0.717) is 23.7 Å². The van der Waals surface area contributed by atoms with Gasteiger partial charge in [0, 0.05) is 12.2 Å². The lowest BCUT2D eigenvalue weighted by molar-refractivity contribution is -0.139. The summed E-state index contributed by atoms with van der Waals surface area (Å²) < 4.78 is 11.1. The van der Waals surface area contributed by atoms with Crippen LogP contribution in [-0.2, 0) is 22.4 Å². The van der Waals surface area contributed by atoms with Crippen molar-refractivity contribution in [1.29, 1.82) is 0 Å². The van der Waals surface area contributed by atoms with E-state index in [1.807, 2.05) is 12.1 Å². The van der Waals surface area contributed by atoms with Gasteiger partial charge in [0.2, 0.25) is 0 Å². The van der Waals surface area contributed by atoms with E-state index in [9.17, 15) is 9.90 Å². The molecule has 0 spiro atoms. The summed E-state index contributed by atoms with van der Waals surface area (Å²) in [4.78, 5) is 11.6. The lowest BCUT2D eigenvalue weighted by Crippen LogP contribution is -2.13. The van der Waals surface area contributed by atoms with Crippen LogP contribution in [0.1, 0.15) is 69.1 Å². The normalized spacial score (nSPS) is 17.0. The molecule has 1 aliphatic carbocycles. The van der Waals surface area contributed by atoms with Crippen LogP contribution in [0.25, 0.3) is 22.3 Å². The number of hydrogen-bond donors (Lipinski definition) is 1. The highest BCUT2D eigenvalue weighted by atomic mass is 16.6. The summed E-state index contributed by atoms with van der Waals surface area (Å²) in [5.41, 5.74) is 8.78. The number of hydrogen-bond acceptors (Lipinski definition) is 4. The topological polar surface area (TPSA) is 55.8 Å². The molecule has 1 fully saturated rings. The molecule has 4 rings (SSSR count). The number of benzene rings is 3. The van der Waals surface area contributed by atoms with Crippen molar-refractivity contribution in [3.63, 3.8) is 0 Å². The predicted molar refractivity (Wildman–Crippen MR) is 159 cm³/mol. The standard InChI is InChI=1S/C35H42O4/c1-5-26-22-31(16-17-33(26)29-12-10-28(11-13-29)27-8-6-25(4)7-9-27)32-15-14-30(18-19-36)34(23-32)38-20-21-39-35(37)24(2)3/h10-17,22-23,25,27,36H,2,5-9,18-21H2,1,3-4H3. The fourth-order valence-electron chi connectivity index (χ4n) is 5.48. The predicted octanol–water partition coefficient (Wildman–Crippen LogP) is 7.91. The Bertz CT molecular complexity index is 1270. The second-order valence-corrected chi connectivity index (χ2v) is 10.9. The first kappa shape index (κ1) is 28.6. The van der Waals surface area contributed by atoms with Gasteiger partial charge in [0.05, 0.1) is 0 Å². The summed E-state index contributed by atoms with van der Waals surface area (Å²) in [6, 6.07) is 22.0. The van der Waals surface area contributed by atoms with Crippen molar-refractivity contribution in [3.05, 3.63) is 89.5 Å². The Morgan fingerprint density at radius 1 is 0.897 bits per heavy atom. The molecule has 1 saturated carbocycles. The molecule has 1 N–H and O–H groups in total. The molecule has 1 aliphatic rings. The van der Waals surface area contributed by atoms with Crippen LogP contribution >= 0.6 is 0 Å². The Kier molecular flexibility index (Phi) is 10.00. The molecular formula is C35H42O4. The number of aryl methyl sites for hydroxylation is 1. The molecule has 0 aromatic heterocycles. The van der Waals surface area contributed by atoms with E-state index in [0.717, 1.165) is 29.0 Å². The number of ether oxygens (including phenoxy) is 2. The van der Waals surface area contributed by atoms with Gasteiger partial charge in [-0.05, 0) is 89.5 Å². The van der Waals surface area contributed by atoms with Crippen molar-refractivity contribution < 1.29 is 19.4 Å². The van der Waals surface area contributed by atoms with Crippen molar-refractivity contribution in [2.75, 3.05) is 19.8 Å². The van der Waals surface area contributed by atoms with Crippen LogP contribution < -0.4 is 4.74 Å². The lowest BCUT2D eigenvalue weighted by atomic mass is 9.79. The Labute approximate surface area is 233 Å². The highest BCUT2D eigenvalue weighted by molar-refractivity contribution is 5.86. The quantitative estimate of drug-likeness (QED) is 0.157. The summed E-state index contributed by atoms with van der Waals surface area (Å²) in [6.07, 6.45) is 6.71. The third-order valence-corrected chi connectivity index (χ3v) is 7.90. The van der Waals surface area contributed by atoms with Gasteiger partial charge in [-0.1, -0.05) is 87.9 Å². The summed E-state index contributed by atoms with van der Waals surface area (Å²) in [5.74, 6) is 1.84. The molecule has 206 valence electrons. The van der Waals surface area contributed by atoms with E-state index < -0.39 is 5.97 Å². The maximum Gasteiger partial charge on any atom is 0.333 e. The smallest absolute Gasteiger partial charge is 0.333 e. The van der Waals surface area contributed by atoms with E-state index in [1.54, 1.807) is 6.92 Å². The third kappa shape index (κ3) is 7.39. The molecule has 0 radical (unpaired) electrons. The minimum atomic E-state index is -0.423. The van der Waals surface area contributed by atoms with Gasteiger partial charge >= 0.3 is 5.97 Å². The van der Waals surface area contributed by atoms with Gasteiger partial charge in [-0.3, -0.25) is 0 Å². The number of esters is 1. The zero-order chi connectivity index (χ0) is 27.8. The second-order valence-electron chi connectivity index (χ2n) is 10.9. The van der Waals surface area contributed by atoms with E-state index in [1.165, 1.54) is 47.9 Å². The number of carbonyl (C=O) groups excluding carboxylic acids is 1. The van der Waals surface area contributed by atoms with E-state index >= 15 is 0 Å². The van der Waals surface area contributed by atoms with Gasteiger partial charge in [0.15, 0.2) is 0 Å². The van der Waals surface area contributed by atoms with Gasteiger partial charge in [-0.15, -0.1) is 0 Å². The first-order valence-corrected chi connectivity index (χ1v) is 14.3. The minimum absolute atomic E-state index is 0.0354. The maximum atomic E-state index is 11.6. The van der Waals surface area contributed by atoms with Gasteiger partial charge in [0.1, 0.15) is 19.0 Å². The van der Waals surface area contributed by atoms with Crippen molar-refractivity contribution in [3.8, 4) is 28.0 Å². The second kappa shape index (κ2) is 13.6. The average molecular weight is 527 g/mol. The monoisotopic (exact) mass is 526 g/mol. The molecule has 0 aliphatic heterocycles. The Morgan fingerprint density at radius 3 is 2.23 bits per heavy atom. The SMILES string of the molecule is C=C(C)C(=O)OCCOc1cc(-c2ccc(-c3ccc(C4CCC(C)CC4)cc3)c(CC)c2)ccc1CCO. The zero-order valence-electron chi connectivity index (χ0n) is 23.7. The maximum absolute atomic E-state index is 11.6. The molecular weight excluding hydrogens is 484 g/mol. The Hall–Kier alpha value is -3.37. The van der Waals surface area contributed by atoms with Crippen LogP contribution in [0, 0.1) is 5.92 Å². The molecule has 0 unspecified atom stereocenters. The molecule has 0 saturated heterocycles. The van der Waals surface area contributed by atoms with E-state index in [-0.39, 0.29) is 19.8 Å². The van der Waals surface area contributed by atoms with Crippen LogP contribution in [0.3, 0.4) is 0 Å². The van der Waals surface area contributed by atoms with Crippen LogP contribution in [0.4, 0.5) is 0 Å². The molecule has 0 heterocycles. The number of aliphatic hydroxyl groups excluding tert-OH is 1. The average Bonchev–Trinajstić information content (AvgIpc) is 2.96. The molecule has 0 amide bonds. The fraction of sp³-hybridized carbons (Fsp3) is 0.400. The molecule has 0 atom stereocenters. The summed E-state index contributed by atoms with van der Waals surface area (Å²) in [7, 11) is 0. The number of carbonyl (C=O) groups is 1. The van der Waals surface area contributed by atoms with Gasteiger partial charge in [0.25, 0.3) is 0 Å². The summed E-state index contributed by atoms with van der Waals surface area (Å²) >= 11 is 0. The van der Waals surface area contributed by atoms with Gasteiger partial charge in [-0.25, -0.2) is 4.79 Å². The Balaban J connectivity index is 1.51. The fourth-order valence-corrected chi connectivity index (χ4v) is 5.48. The number of aliphatic hydroxyl groups is 1. The van der Waals surface area contributed by atoms with E-state index in [2.05, 4.69) is 69.0 Å². The third-order valence-electron chi connectivity index (χ3n) is 7.90. The molecule has 3 aromatic carbocycles.